The van der Waals surface area contributed by atoms with Crippen LogP contribution >= 0.6 is 12.4 Å². The Morgan fingerprint density at radius 2 is 1.11 bits per heavy atom. The van der Waals surface area contributed by atoms with Crippen molar-refractivity contribution in [2.45, 2.75) is 27.7 Å². The van der Waals surface area contributed by atoms with E-state index in [0.29, 0.717) is 5.92 Å². The van der Waals surface area contributed by atoms with Crippen LogP contribution in [0.15, 0.2) is 0 Å². The quantitative estimate of drug-likeness (QED) is 0.566. The van der Waals surface area contributed by atoms with Gasteiger partial charge in [0.25, 0.3) is 0 Å². The fraction of sp³-hybridized carbons (Fsp3) is 0.875. The Balaban J connectivity index is 0. The molecule has 9 heavy (non-hydrogen) atoms. The van der Waals surface area contributed by atoms with Crippen LogP contribution in [0.1, 0.15) is 27.7 Å². The highest BCUT2D eigenvalue weighted by Gasteiger charge is 2.09. The van der Waals surface area contributed by atoms with Gasteiger partial charge in [-0.15, -0.1) is 12.4 Å². The molecular weight excluding hydrogens is 132 g/mol. The molecule has 0 rings (SSSR count). The average Bonchev–Trinajstić information content (AvgIpc) is 1.64. The summed E-state index contributed by atoms with van der Waals surface area (Å²) in [6.45, 7) is 12.9. The van der Waals surface area contributed by atoms with Crippen molar-refractivity contribution in [3.05, 3.63) is 6.92 Å². The summed E-state index contributed by atoms with van der Waals surface area (Å²) in [6, 6.07) is 0. The molecule has 0 saturated heterocycles. The molecule has 0 aliphatic rings. The second-order valence-electron chi connectivity index (χ2n) is 3.15. The molecule has 0 saturated carbocycles. The van der Waals surface area contributed by atoms with E-state index in [0.717, 1.165) is 11.8 Å². The molecule has 1 radical (unpaired) electrons. The van der Waals surface area contributed by atoms with Crippen molar-refractivity contribution in [1.82, 2.24) is 0 Å². The van der Waals surface area contributed by atoms with E-state index >= 15 is 0 Å². The summed E-state index contributed by atoms with van der Waals surface area (Å²) in [6.07, 6.45) is 0. The Hall–Kier alpha value is 0.290. The first-order valence-electron chi connectivity index (χ1n) is 3.38. The maximum absolute atomic E-state index is 4.04. The van der Waals surface area contributed by atoms with Crippen molar-refractivity contribution in [3.8, 4) is 0 Å². The Kier molecular flexibility index (Phi) is 6.81. The van der Waals surface area contributed by atoms with E-state index < -0.39 is 0 Å². The van der Waals surface area contributed by atoms with E-state index in [9.17, 15) is 0 Å². The van der Waals surface area contributed by atoms with Crippen molar-refractivity contribution < 1.29 is 0 Å². The summed E-state index contributed by atoms with van der Waals surface area (Å²) < 4.78 is 0. The van der Waals surface area contributed by atoms with Gasteiger partial charge in [0.1, 0.15) is 0 Å². The third-order valence-electron chi connectivity index (χ3n) is 1.71. The van der Waals surface area contributed by atoms with Crippen LogP contribution in [0.4, 0.5) is 0 Å². The molecule has 57 valence electrons. The standard InChI is InChI=1S/C8H17.ClH/c1-6(2)8(5)7(3)4;/h6-8H,5H2,1-4H3;1H. The van der Waals surface area contributed by atoms with Crippen LogP contribution < -0.4 is 0 Å². The van der Waals surface area contributed by atoms with Crippen LogP contribution in [0.5, 0.6) is 0 Å². The molecule has 0 heterocycles. The second kappa shape index (κ2) is 5.10. The molecule has 0 aliphatic heterocycles. The second-order valence-corrected chi connectivity index (χ2v) is 3.15. The number of rotatable bonds is 2. The lowest BCUT2D eigenvalue weighted by Crippen LogP contribution is -2.10. The topological polar surface area (TPSA) is 0 Å². The zero-order chi connectivity index (χ0) is 6.73. The van der Waals surface area contributed by atoms with Gasteiger partial charge in [0.2, 0.25) is 0 Å². The van der Waals surface area contributed by atoms with Crippen LogP contribution in [0.3, 0.4) is 0 Å². The van der Waals surface area contributed by atoms with E-state index in [2.05, 4.69) is 34.6 Å². The Bertz CT molecular complexity index is 49.6. The lowest BCUT2D eigenvalue weighted by molar-refractivity contribution is 0.353. The molecule has 1 heteroatoms. The minimum Gasteiger partial charge on any atom is -0.147 e. The predicted molar refractivity (Wildman–Crippen MR) is 45.8 cm³/mol. The molecule has 0 N–H and O–H groups in total. The minimum atomic E-state index is 0. The average molecular weight is 150 g/mol. The van der Waals surface area contributed by atoms with Crippen molar-refractivity contribution in [2.75, 3.05) is 0 Å². The number of halogens is 1. The molecular formula is C8H18Cl. The van der Waals surface area contributed by atoms with Gasteiger partial charge in [-0.3, -0.25) is 0 Å². The highest BCUT2D eigenvalue weighted by atomic mass is 35.5. The van der Waals surface area contributed by atoms with E-state index in [4.69, 9.17) is 0 Å². The van der Waals surface area contributed by atoms with Crippen molar-refractivity contribution in [2.24, 2.45) is 17.8 Å². The molecule has 0 atom stereocenters. The van der Waals surface area contributed by atoms with Crippen molar-refractivity contribution in [1.29, 1.82) is 0 Å². The molecule has 0 spiro atoms. The SMILES string of the molecule is Cl.[CH2]C(C(C)C)C(C)C. The Morgan fingerprint density at radius 1 is 0.889 bits per heavy atom. The van der Waals surface area contributed by atoms with E-state index in [1.54, 1.807) is 0 Å². The van der Waals surface area contributed by atoms with E-state index in [1.807, 2.05) is 0 Å². The molecule has 0 aromatic heterocycles. The molecule has 0 unspecified atom stereocenters. The maximum Gasteiger partial charge on any atom is -0.0368 e. The van der Waals surface area contributed by atoms with Crippen LogP contribution in [-0.2, 0) is 0 Å². The first-order valence-corrected chi connectivity index (χ1v) is 3.38. The zero-order valence-corrected chi connectivity index (χ0v) is 7.66. The van der Waals surface area contributed by atoms with Gasteiger partial charge >= 0.3 is 0 Å². The normalized spacial score (nSPS) is 10.7. The molecule has 0 aromatic rings. The van der Waals surface area contributed by atoms with Gasteiger partial charge in [-0.2, -0.15) is 0 Å². The first kappa shape index (κ1) is 12.0. The monoisotopic (exact) mass is 149 g/mol. The van der Waals surface area contributed by atoms with Crippen molar-refractivity contribution in [3.63, 3.8) is 0 Å². The maximum atomic E-state index is 4.04. The van der Waals surface area contributed by atoms with Crippen LogP contribution in [0.25, 0.3) is 0 Å². The zero-order valence-electron chi connectivity index (χ0n) is 6.85. The first-order chi connectivity index (χ1) is 3.55. The fourth-order valence-electron chi connectivity index (χ4n) is 0.770. The summed E-state index contributed by atoms with van der Waals surface area (Å²) in [4.78, 5) is 0. The summed E-state index contributed by atoms with van der Waals surface area (Å²) in [7, 11) is 0. The lowest BCUT2D eigenvalue weighted by Gasteiger charge is -2.18. The summed E-state index contributed by atoms with van der Waals surface area (Å²) in [5.41, 5.74) is 0. The molecule has 0 fully saturated rings. The van der Waals surface area contributed by atoms with Crippen LogP contribution in [-0.4, -0.2) is 0 Å². The predicted octanol–water partition coefficient (Wildman–Crippen LogP) is 3.17. The molecule has 0 amide bonds. The third kappa shape index (κ3) is 4.77. The molecule has 0 aromatic carbocycles. The Labute approximate surface area is 65.4 Å². The van der Waals surface area contributed by atoms with Gasteiger partial charge in [-0.05, 0) is 24.7 Å². The van der Waals surface area contributed by atoms with E-state index in [-0.39, 0.29) is 12.4 Å². The number of hydrogen-bond acceptors (Lipinski definition) is 0. The highest BCUT2D eigenvalue weighted by Crippen LogP contribution is 2.17. The van der Waals surface area contributed by atoms with Gasteiger partial charge < -0.3 is 0 Å². The third-order valence-corrected chi connectivity index (χ3v) is 1.71. The van der Waals surface area contributed by atoms with Gasteiger partial charge in [0, 0.05) is 0 Å². The summed E-state index contributed by atoms with van der Waals surface area (Å²) in [5.74, 6) is 2.08. The van der Waals surface area contributed by atoms with Gasteiger partial charge in [-0.25, -0.2) is 0 Å². The van der Waals surface area contributed by atoms with Gasteiger partial charge in [-0.1, -0.05) is 27.7 Å². The molecule has 0 bridgehead atoms. The van der Waals surface area contributed by atoms with Crippen LogP contribution in [0, 0.1) is 24.7 Å². The fourth-order valence-corrected chi connectivity index (χ4v) is 0.770. The van der Waals surface area contributed by atoms with Crippen molar-refractivity contribution >= 4 is 12.4 Å². The van der Waals surface area contributed by atoms with Gasteiger partial charge in [0.05, 0.1) is 0 Å². The van der Waals surface area contributed by atoms with Gasteiger partial charge in [0.15, 0.2) is 0 Å². The molecule has 0 aliphatic carbocycles. The smallest absolute Gasteiger partial charge is 0.0368 e. The number of hydrogen-bond donors (Lipinski definition) is 0. The minimum absolute atomic E-state index is 0. The Morgan fingerprint density at radius 3 is 1.11 bits per heavy atom. The van der Waals surface area contributed by atoms with E-state index in [1.165, 1.54) is 0 Å². The molecule has 0 nitrogen and oxygen atoms in total. The largest absolute Gasteiger partial charge is 0.147 e. The lowest BCUT2D eigenvalue weighted by atomic mass is 9.88. The van der Waals surface area contributed by atoms with Crippen LogP contribution in [0.2, 0.25) is 0 Å². The summed E-state index contributed by atoms with van der Waals surface area (Å²) >= 11 is 0. The summed E-state index contributed by atoms with van der Waals surface area (Å²) in [5, 5.41) is 0. The highest BCUT2D eigenvalue weighted by molar-refractivity contribution is 5.85.